The molecule has 7 nitrogen and oxygen atoms in total. The molecule has 162 valence electrons. The standard InChI is InChI=1S/C19H26N4O3S.2ClH/c1-27(25,26)19(6-9-20-10-7-19)18(24)23-11-4-14(5-12-23)16-13-22-17-15(16)3-2-8-21-17;;/h2-3,8,13-14,20H,4-7,9-12H2,1H3,(H,21,22);2*1H. The minimum Gasteiger partial charge on any atom is -0.346 e. The maximum Gasteiger partial charge on any atom is 0.244 e. The fourth-order valence-electron chi connectivity index (χ4n) is 4.57. The highest BCUT2D eigenvalue weighted by atomic mass is 35.5. The second-order valence-corrected chi connectivity index (χ2v) is 10.1. The molecule has 0 atom stereocenters. The zero-order valence-electron chi connectivity index (χ0n) is 16.4. The van der Waals surface area contributed by atoms with Gasteiger partial charge in [-0.25, -0.2) is 13.4 Å². The number of nitrogens with zero attached hydrogens (tertiary/aromatic N) is 2. The molecule has 2 fully saturated rings. The number of aromatic nitrogens is 2. The highest BCUT2D eigenvalue weighted by Crippen LogP contribution is 2.35. The average Bonchev–Trinajstić information content (AvgIpc) is 3.11. The van der Waals surface area contributed by atoms with Gasteiger partial charge in [-0.2, -0.15) is 0 Å². The van der Waals surface area contributed by atoms with Crippen molar-refractivity contribution in [2.24, 2.45) is 0 Å². The van der Waals surface area contributed by atoms with Crippen molar-refractivity contribution < 1.29 is 13.2 Å². The first kappa shape index (κ1) is 23.9. The van der Waals surface area contributed by atoms with Crippen LogP contribution < -0.4 is 5.32 Å². The Balaban J connectivity index is 0.00000150. The zero-order valence-corrected chi connectivity index (χ0v) is 18.8. The Bertz CT molecular complexity index is 949. The molecule has 0 bridgehead atoms. The summed E-state index contributed by atoms with van der Waals surface area (Å²) in [6.45, 7) is 2.33. The number of hydrogen-bond donors (Lipinski definition) is 2. The summed E-state index contributed by atoms with van der Waals surface area (Å²) in [4.78, 5) is 22.6. The Kier molecular flexibility index (Phi) is 7.59. The number of carbonyl (C=O) groups is 1. The molecule has 2 aromatic rings. The summed E-state index contributed by atoms with van der Waals surface area (Å²) < 4.78 is 23.8. The third kappa shape index (κ3) is 4.26. The average molecular weight is 463 g/mol. The van der Waals surface area contributed by atoms with E-state index in [9.17, 15) is 13.2 Å². The van der Waals surface area contributed by atoms with E-state index >= 15 is 0 Å². The van der Waals surface area contributed by atoms with Gasteiger partial charge in [0.25, 0.3) is 0 Å². The first-order valence-electron chi connectivity index (χ1n) is 9.54. The van der Waals surface area contributed by atoms with E-state index in [2.05, 4.69) is 21.4 Å². The minimum atomic E-state index is -3.47. The van der Waals surface area contributed by atoms with Gasteiger partial charge in [0.1, 0.15) is 5.65 Å². The Morgan fingerprint density at radius 3 is 2.48 bits per heavy atom. The number of likely N-dealkylation sites (tertiary alicyclic amines) is 1. The quantitative estimate of drug-likeness (QED) is 0.729. The topological polar surface area (TPSA) is 95.2 Å². The van der Waals surface area contributed by atoms with Crippen molar-refractivity contribution in [2.75, 3.05) is 32.4 Å². The number of piperidine rings is 2. The smallest absolute Gasteiger partial charge is 0.244 e. The van der Waals surface area contributed by atoms with Crippen LogP contribution in [0.1, 0.15) is 37.2 Å². The summed E-state index contributed by atoms with van der Waals surface area (Å²) in [5.74, 6) is 0.153. The second-order valence-electron chi connectivity index (χ2n) is 7.73. The zero-order chi connectivity index (χ0) is 19.1. The normalized spacial score (nSPS) is 20.0. The molecule has 0 unspecified atom stereocenters. The molecular weight excluding hydrogens is 435 g/mol. The molecule has 0 aromatic carbocycles. The number of fused-ring (bicyclic) bond motifs is 1. The van der Waals surface area contributed by atoms with Crippen LogP contribution in [0.4, 0.5) is 0 Å². The SMILES string of the molecule is CS(=O)(=O)C1(C(=O)N2CCC(c3c[nH]c4ncccc34)CC2)CCNCC1.Cl.Cl. The molecule has 29 heavy (non-hydrogen) atoms. The van der Waals surface area contributed by atoms with Crippen LogP contribution in [0.2, 0.25) is 0 Å². The molecular formula is C19H28Cl2N4O3S. The second kappa shape index (κ2) is 9.20. The van der Waals surface area contributed by atoms with Gasteiger partial charge in [0.05, 0.1) is 0 Å². The molecule has 1 amide bonds. The van der Waals surface area contributed by atoms with E-state index in [1.807, 2.05) is 12.3 Å². The van der Waals surface area contributed by atoms with Crippen LogP contribution in [0.3, 0.4) is 0 Å². The van der Waals surface area contributed by atoms with E-state index in [0.29, 0.717) is 44.9 Å². The summed E-state index contributed by atoms with van der Waals surface area (Å²) >= 11 is 0. The number of nitrogens with one attached hydrogen (secondary N) is 2. The van der Waals surface area contributed by atoms with Gasteiger partial charge in [0.2, 0.25) is 5.91 Å². The predicted molar refractivity (Wildman–Crippen MR) is 119 cm³/mol. The molecule has 0 aliphatic carbocycles. The van der Waals surface area contributed by atoms with Gasteiger partial charge in [-0.3, -0.25) is 4.79 Å². The van der Waals surface area contributed by atoms with Crippen LogP contribution in [0, 0.1) is 0 Å². The molecule has 4 rings (SSSR count). The number of sulfone groups is 1. The summed E-state index contributed by atoms with van der Waals surface area (Å²) in [7, 11) is -3.47. The molecule has 10 heteroatoms. The van der Waals surface area contributed by atoms with E-state index in [1.54, 1.807) is 11.1 Å². The molecule has 2 N–H and O–H groups in total. The Morgan fingerprint density at radius 1 is 1.21 bits per heavy atom. The van der Waals surface area contributed by atoms with Crippen LogP contribution in [0.5, 0.6) is 0 Å². The Labute approximate surface area is 183 Å². The van der Waals surface area contributed by atoms with Gasteiger partial charge >= 0.3 is 0 Å². The van der Waals surface area contributed by atoms with Crippen molar-refractivity contribution in [3.05, 3.63) is 30.1 Å². The van der Waals surface area contributed by atoms with Crippen LogP contribution in [-0.4, -0.2) is 66.4 Å². The van der Waals surface area contributed by atoms with E-state index in [-0.39, 0.29) is 30.7 Å². The number of hydrogen-bond acceptors (Lipinski definition) is 5. The van der Waals surface area contributed by atoms with Crippen molar-refractivity contribution in [1.29, 1.82) is 0 Å². The predicted octanol–water partition coefficient (Wildman–Crippen LogP) is 2.28. The van der Waals surface area contributed by atoms with Crippen LogP contribution in [0.15, 0.2) is 24.5 Å². The van der Waals surface area contributed by atoms with E-state index in [1.165, 1.54) is 11.8 Å². The molecule has 2 aliphatic rings. The van der Waals surface area contributed by atoms with Crippen molar-refractivity contribution in [2.45, 2.75) is 36.3 Å². The molecule has 2 saturated heterocycles. The fourth-order valence-corrected chi connectivity index (χ4v) is 5.96. The first-order valence-corrected chi connectivity index (χ1v) is 11.4. The van der Waals surface area contributed by atoms with Crippen LogP contribution in [-0.2, 0) is 14.6 Å². The number of pyridine rings is 1. The molecule has 0 spiro atoms. The lowest BCUT2D eigenvalue weighted by Crippen LogP contribution is -2.59. The van der Waals surface area contributed by atoms with E-state index < -0.39 is 14.6 Å². The van der Waals surface area contributed by atoms with Gasteiger partial charge in [0, 0.05) is 37.1 Å². The molecule has 2 aliphatic heterocycles. The summed E-state index contributed by atoms with van der Waals surface area (Å²) in [6.07, 6.45) is 7.40. The third-order valence-electron chi connectivity index (χ3n) is 6.22. The van der Waals surface area contributed by atoms with E-state index in [4.69, 9.17) is 0 Å². The molecule has 0 radical (unpaired) electrons. The first-order chi connectivity index (χ1) is 12.9. The summed E-state index contributed by atoms with van der Waals surface area (Å²) in [5.41, 5.74) is 2.13. The number of rotatable bonds is 3. The van der Waals surface area contributed by atoms with Gasteiger partial charge in [-0.1, -0.05) is 0 Å². The number of aromatic amines is 1. The van der Waals surface area contributed by atoms with Gasteiger partial charge < -0.3 is 15.2 Å². The number of H-pyrrole nitrogens is 1. The Morgan fingerprint density at radius 2 is 1.86 bits per heavy atom. The van der Waals surface area contributed by atoms with E-state index in [0.717, 1.165) is 23.9 Å². The van der Waals surface area contributed by atoms with Crippen molar-refractivity contribution in [1.82, 2.24) is 20.2 Å². The van der Waals surface area contributed by atoms with Crippen molar-refractivity contribution in [3.63, 3.8) is 0 Å². The highest BCUT2D eigenvalue weighted by Gasteiger charge is 2.50. The van der Waals surface area contributed by atoms with Crippen molar-refractivity contribution in [3.8, 4) is 0 Å². The molecule has 2 aromatic heterocycles. The lowest BCUT2D eigenvalue weighted by atomic mass is 9.88. The summed E-state index contributed by atoms with van der Waals surface area (Å²) in [6, 6.07) is 4.00. The maximum atomic E-state index is 13.2. The van der Waals surface area contributed by atoms with Gasteiger partial charge in [-0.15, -0.1) is 24.8 Å². The van der Waals surface area contributed by atoms with Gasteiger partial charge in [-0.05, 0) is 62.4 Å². The van der Waals surface area contributed by atoms with Crippen molar-refractivity contribution >= 4 is 51.6 Å². The van der Waals surface area contributed by atoms with Gasteiger partial charge in [0.15, 0.2) is 14.6 Å². The fraction of sp³-hybridized carbons (Fsp3) is 0.579. The lowest BCUT2D eigenvalue weighted by Gasteiger charge is -2.41. The molecule has 0 saturated carbocycles. The minimum absolute atomic E-state index is 0. The monoisotopic (exact) mass is 462 g/mol. The maximum absolute atomic E-state index is 13.2. The number of amides is 1. The number of carbonyl (C=O) groups excluding carboxylic acids is 1. The lowest BCUT2D eigenvalue weighted by molar-refractivity contribution is -0.135. The Hall–Kier alpha value is -1.35. The number of halogens is 2. The largest absolute Gasteiger partial charge is 0.346 e. The molecule has 4 heterocycles. The van der Waals surface area contributed by atoms with Crippen LogP contribution in [0.25, 0.3) is 11.0 Å². The summed E-state index contributed by atoms with van der Waals surface area (Å²) in [5, 5.41) is 4.30. The van der Waals surface area contributed by atoms with Crippen LogP contribution >= 0.6 is 24.8 Å². The highest BCUT2D eigenvalue weighted by molar-refractivity contribution is 7.92. The third-order valence-corrected chi connectivity index (χ3v) is 8.22.